The third kappa shape index (κ3) is 3.16. The number of carbonyl (C=O) groups excluding carboxylic acids is 3. The number of benzene rings is 1. The molecule has 2 fully saturated rings. The Kier molecular flexibility index (Phi) is 4.81. The van der Waals surface area contributed by atoms with Gasteiger partial charge in [0.2, 0.25) is 17.7 Å². The number of likely N-dealkylation sites (tertiary alicyclic amines) is 1. The summed E-state index contributed by atoms with van der Waals surface area (Å²) in [5.41, 5.74) is 5.02. The van der Waals surface area contributed by atoms with Crippen LogP contribution >= 0.6 is 11.3 Å². The van der Waals surface area contributed by atoms with Crippen LogP contribution in [0, 0.1) is 37.5 Å². The zero-order valence-corrected chi connectivity index (χ0v) is 19.7. The molecule has 3 heterocycles. The summed E-state index contributed by atoms with van der Waals surface area (Å²) in [6.45, 7) is 3.84. The van der Waals surface area contributed by atoms with Gasteiger partial charge >= 0.3 is 0 Å². The maximum absolute atomic E-state index is 12.8. The summed E-state index contributed by atoms with van der Waals surface area (Å²) >= 11 is 1.33. The Hall–Kier alpha value is -3.52. The monoisotopic (exact) mass is 472 g/mol. The second kappa shape index (κ2) is 7.77. The molecule has 34 heavy (non-hydrogen) atoms. The van der Waals surface area contributed by atoms with E-state index in [4.69, 9.17) is 0 Å². The predicted octanol–water partition coefficient (Wildman–Crippen LogP) is 3.96. The van der Waals surface area contributed by atoms with Crippen molar-refractivity contribution in [1.29, 1.82) is 0 Å². The number of rotatable bonds is 5. The minimum absolute atomic E-state index is 0.135. The van der Waals surface area contributed by atoms with Gasteiger partial charge in [-0.1, -0.05) is 30.4 Å². The van der Waals surface area contributed by atoms with Crippen LogP contribution in [-0.4, -0.2) is 38.7 Å². The third-order valence-electron chi connectivity index (χ3n) is 7.34. The van der Waals surface area contributed by atoms with Gasteiger partial charge in [0.1, 0.15) is 6.54 Å². The Morgan fingerprint density at radius 2 is 1.76 bits per heavy atom. The number of allylic oxidation sites excluding steroid dienone is 2. The van der Waals surface area contributed by atoms with E-state index in [1.165, 1.54) is 11.3 Å². The van der Waals surface area contributed by atoms with Gasteiger partial charge in [-0.25, -0.2) is 4.98 Å². The largest absolute Gasteiger partial charge is 0.318 e. The number of hydrogen-bond acceptors (Lipinski definition) is 5. The van der Waals surface area contributed by atoms with Gasteiger partial charge in [0, 0.05) is 28.0 Å². The van der Waals surface area contributed by atoms with Crippen LogP contribution < -0.4 is 5.32 Å². The highest BCUT2D eigenvalue weighted by Crippen LogP contribution is 2.52. The van der Waals surface area contributed by atoms with Crippen LogP contribution in [0.15, 0.2) is 53.9 Å². The number of aromatic nitrogens is 2. The van der Waals surface area contributed by atoms with Crippen LogP contribution in [0.5, 0.6) is 0 Å². The van der Waals surface area contributed by atoms with E-state index >= 15 is 0 Å². The topological polar surface area (TPSA) is 84.3 Å². The van der Waals surface area contributed by atoms with Crippen LogP contribution in [0.25, 0.3) is 16.9 Å². The highest BCUT2D eigenvalue weighted by atomic mass is 32.1. The SMILES string of the molecule is Cc1cc(-c2csc(NC(=O)CN3C(=O)C4C5C=CC(C5)C4C3=O)n2)c(C)n1-c1ccccc1. The van der Waals surface area contributed by atoms with Gasteiger partial charge in [-0.15, -0.1) is 11.3 Å². The highest BCUT2D eigenvalue weighted by Gasteiger charge is 2.59. The zero-order valence-electron chi connectivity index (χ0n) is 18.9. The number of anilines is 1. The van der Waals surface area contributed by atoms with E-state index in [-0.39, 0.29) is 42.0 Å². The third-order valence-corrected chi connectivity index (χ3v) is 8.09. The summed E-state index contributed by atoms with van der Waals surface area (Å²) in [7, 11) is 0. The smallest absolute Gasteiger partial charge is 0.246 e. The molecule has 2 aliphatic carbocycles. The fourth-order valence-corrected chi connectivity index (χ4v) is 6.60. The summed E-state index contributed by atoms with van der Waals surface area (Å²) in [6, 6.07) is 12.2. The molecule has 0 spiro atoms. The lowest BCUT2D eigenvalue weighted by atomic mass is 9.85. The highest BCUT2D eigenvalue weighted by molar-refractivity contribution is 7.14. The Morgan fingerprint density at radius 1 is 1.09 bits per heavy atom. The molecule has 1 saturated heterocycles. The van der Waals surface area contributed by atoms with Crippen molar-refractivity contribution in [2.75, 3.05) is 11.9 Å². The molecule has 4 atom stereocenters. The second-order valence-corrected chi connectivity index (χ2v) is 10.2. The number of nitrogens with zero attached hydrogens (tertiary/aromatic N) is 3. The van der Waals surface area contributed by atoms with Crippen molar-refractivity contribution in [2.45, 2.75) is 20.3 Å². The number of amides is 3. The fourth-order valence-electron chi connectivity index (χ4n) is 5.87. The molecule has 1 N–H and O–H groups in total. The number of aryl methyl sites for hydroxylation is 1. The average Bonchev–Trinajstić information content (AvgIpc) is 3.63. The maximum atomic E-state index is 12.8. The number of para-hydroxylation sites is 1. The Morgan fingerprint density at radius 3 is 2.44 bits per heavy atom. The maximum Gasteiger partial charge on any atom is 0.246 e. The first-order valence-electron chi connectivity index (χ1n) is 11.5. The number of hydrogen-bond donors (Lipinski definition) is 1. The van der Waals surface area contributed by atoms with E-state index in [0.29, 0.717) is 5.13 Å². The molecule has 1 aromatic carbocycles. The molecule has 2 bridgehead atoms. The summed E-state index contributed by atoms with van der Waals surface area (Å²) < 4.78 is 2.18. The van der Waals surface area contributed by atoms with Gasteiger partial charge in [0.05, 0.1) is 17.5 Å². The van der Waals surface area contributed by atoms with Crippen molar-refractivity contribution in [3.63, 3.8) is 0 Å². The fraction of sp³-hybridized carbons (Fsp3) is 0.308. The molecule has 0 radical (unpaired) electrons. The molecular weight excluding hydrogens is 448 g/mol. The molecule has 172 valence electrons. The van der Waals surface area contributed by atoms with Crippen LogP contribution in [-0.2, 0) is 14.4 Å². The molecule has 6 rings (SSSR count). The van der Waals surface area contributed by atoms with E-state index < -0.39 is 5.91 Å². The minimum Gasteiger partial charge on any atom is -0.318 e. The first-order chi connectivity index (χ1) is 16.4. The van der Waals surface area contributed by atoms with Gasteiger partial charge < -0.3 is 9.88 Å². The minimum atomic E-state index is -0.405. The number of carbonyl (C=O) groups is 3. The lowest BCUT2D eigenvalue weighted by molar-refractivity contribution is -0.143. The van der Waals surface area contributed by atoms with E-state index in [1.54, 1.807) is 0 Å². The number of nitrogens with one attached hydrogen (secondary N) is 1. The Balaban J connectivity index is 1.17. The van der Waals surface area contributed by atoms with Crippen molar-refractivity contribution in [3.05, 3.63) is 65.3 Å². The Labute approximate surface area is 201 Å². The average molecular weight is 473 g/mol. The molecular formula is C26H24N4O3S. The molecule has 3 aliphatic rings. The van der Waals surface area contributed by atoms with Crippen LogP contribution in [0.3, 0.4) is 0 Å². The molecule has 4 unspecified atom stereocenters. The molecule has 2 aromatic heterocycles. The molecule has 3 aromatic rings. The molecule has 3 amide bonds. The van der Waals surface area contributed by atoms with Gasteiger partial charge in [-0.05, 0) is 50.3 Å². The van der Waals surface area contributed by atoms with Crippen LogP contribution in [0.1, 0.15) is 17.8 Å². The lowest BCUT2D eigenvalue weighted by Crippen LogP contribution is -2.39. The molecule has 1 aliphatic heterocycles. The van der Waals surface area contributed by atoms with Crippen LogP contribution in [0.4, 0.5) is 5.13 Å². The van der Waals surface area contributed by atoms with Gasteiger partial charge in [0.15, 0.2) is 5.13 Å². The van der Waals surface area contributed by atoms with Crippen molar-refractivity contribution in [2.24, 2.45) is 23.7 Å². The Bertz CT molecular complexity index is 1330. The van der Waals surface area contributed by atoms with Crippen molar-refractivity contribution in [3.8, 4) is 16.9 Å². The van der Waals surface area contributed by atoms with Gasteiger partial charge in [-0.3, -0.25) is 19.3 Å². The van der Waals surface area contributed by atoms with Crippen molar-refractivity contribution >= 4 is 34.2 Å². The standard InChI is InChI=1S/C26H24N4O3S/c1-14-10-19(15(2)30(14)18-6-4-3-5-7-18)20-13-34-26(27-20)28-21(31)12-29-24(32)22-16-8-9-17(11-16)23(22)25(29)33/h3-10,13,16-17,22-23H,11-12H2,1-2H3,(H,27,28,31). The van der Waals surface area contributed by atoms with Crippen molar-refractivity contribution in [1.82, 2.24) is 14.5 Å². The van der Waals surface area contributed by atoms with E-state index in [1.807, 2.05) is 35.7 Å². The van der Waals surface area contributed by atoms with Crippen LogP contribution in [0.2, 0.25) is 0 Å². The molecule has 7 nitrogen and oxygen atoms in total. The normalized spacial score (nSPS) is 24.8. The summed E-state index contributed by atoms with van der Waals surface area (Å²) in [6.07, 6.45) is 4.97. The summed E-state index contributed by atoms with van der Waals surface area (Å²) in [4.78, 5) is 44.1. The number of imide groups is 1. The zero-order chi connectivity index (χ0) is 23.6. The van der Waals surface area contributed by atoms with Gasteiger partial charge in [-0.2, -0.15) is 0 Å². The molecule has 1 saturated carbocycles. The molecule has 8 heteroatoms. The van der Waals surface area contributed by atoms with E-state index in [0.717, 1.165) is 39.7 Å². The first-order valence-corrected chi connectivity index (χ1v) is 12.3. The number of thiazole rings is 1. The number of fused-ring (bicyclic) bond motifs is 5. The lowest BCUT2D eigenvalue weighted by Gasteiger charge is -2.16. The van der Waals surface area contributed by atoms with E-state index in [2.05, 4.69) is 46.9 Å². The van der Waals surface area contributed by atoms with Gasteiger partial charge in [0.25, 0.3) is 0 Å². The summed E-state index contributed by atoms with van der Waals surface area (Å²) in [5.74, 6) is -1.14. The quantitative estimate of drug-likeness (QED) is 0.450. The van der Waals surface area contributed by atoms with E-state index in [9.17, 15) is 14.4 Å². The first kappa shape index (κ1) is 21.0. The predicted molar refractivity (Wildman–Crippen MR) is 129 cm³/mol. The summed E-state index contributed by atoms with van der Waals surface area (Å²) in [5, 5.41) is 5.14. The van der Waals surface area contributed by atoms with Crippen molar-refractivity contribution < 1.29 is 14.4 Å². The second-order valence-electron chi connectivity index (χ2n) is 9.30.